The third-order valence-corrected chi connectivity index (χ3v) is 6.59. The van der Waals surface area contributed by atoms with Crippen LogP contribution in [0.1, 0.15) is 50.2 Å². The third kappa shape index (κ3) is 5.53. The zero-order valence-electron chi connectivity index (χ0n) is 18.4. The van der Waals surface area contributed by atoms with Crippen molar-refractivity contribution >= 4 is 45.5 Å². The highest BCUT2D eigenvalue weighted by Gasteiger charge is 2.39. The molecule has 1 saturated carbocycles. The Hall–Kier alpha value is -2.51. The zero-order chi connectivity index (χ0) is 23.4. The standard InChI is InChI=1S/C25H26BrClN2O4/c1-2-32-22-14-17(12-20(26)23(22)33-15-16-7-6-8-18(27)11-16)13-21-24(30)29(25(31)28-21)19-9-4-3-5-10-19/h6-8,11-14,19H,2-5,9-10,15H2,1H3,(H,28,31)/b21-13-. The van der Waals surface area contributed by atoms with Crippen LogP contribution >= 0.6 is 27.5 Å². The molecular formula is C25H26BrClN2O4. The van der Waals surface area contributed by atoms with Crippen LogP contribution in [-0.2, 0) is 11.4 Å². The minimum atomic E-state index is -0.344. The summed E-state index contributed by atoms with van der Waals surface area (Å²) in [7, 11) is 0. The van der Waals surface area contributed by atoms with Crippen LogP contribution in [0.4, 0.5) is 4.79 Å². The van der Waals surface area contributed by atoms with E-state index in [-0.39, 0.29) is 23.7 Å². The maximum absolute atomic E-state index is 13.0. The van der Waals surface area contributed by atoms with Gasteiger partial charge in [0.15, 0.2) is 11.5 Å². The molecule has 4 rings (SSSR count). The van der Waals surface area contributed by atoms with E-state index in [4.69, 9.17) is 21.1 Å². The maximum Gasteiger partial charge on any atom is 0.329 e. The fourth-order valence-corrected chi connectivity index (χ4v) is 5.03. The Morgan fingerprint density at radius 1 is 1.15 bits per heavy atom. The Balaban J connectivity index is 1.56. The number of ether oxygens (including phenoxy) is 2. The summed E-state index contributed by atoms with van der Waals surface area (Å²) in [6, 6.07) is 10.7. The van der Waals surface area contributed by atoms with Crippen LogP contribution in [0, 0.1) is 0 Å². The summed E-state index contributed by atoms with van der Waals surface area (Å²) < 4.78 is 12.5. The molecule has 0 radical (unpaired) electrons. The molecule has 33 heavy (non-hydrogen) atoms. The third-order valence-electron chi connectivity index (χ3n) is 5.76. The summed E-state index contributed by atoms with van der Waals surface area (Å²) in [5.74, 6) is 0.827. The molecule has 2 aromatic carbocycles. The van der Waals surface area contributed by atoms with Crippen molar-refractivity contribution in [3.8, 4) is 11.5 Å². The van der Waals surface area contributed by atoms with Crippen molar-refractivity contribution in [2.75, 3.05) is 6.61 Å². The predicted molar refractivity (Wildman–Crippen MR) is 131 cm³/mol. The van der Waals surface area contributed by atoms with Crippen LogP contribution in [0.2, 0.25) is 5.02 Å². The number of rotatable bonds is 7. The molecule has 2 aromatic rings. The van der Waals surface area contributed by atoms with Gasteiger partial charge in [-0.3, -0.25) is 9.69 Å². The Morgan fingerprint density at radius 2 is 1.94 bits per heavy atom. The summed E-state index contributed by atoms with van der Waals surface area (Å²) in [5.41, 5.74) is 1.92. The molecule has 0 unspecified atom stereocenters. The van der Waals surface area contributed by atoms with Crippen molar-refractivity contribution in [3.63, 3.8) is 0 Å². The Morgan fingerprint density at radius 3 is 2.67 bits per heavy atom. The Kier molecular flexibility index (Phi) is 7.60. The zero-order valence-corrected chi connectivity index (χ0v) is 20.7. The van der Waals surface area contributed by atoms with Crippen molar-refractivity contribution < 1.29 is 19.1 Å². The van der Waals surface area contributed by atoms with Crippen LogP contribution < -0.4 is 14.8 Å². The average Bonchev–Trinajstić information content (AvgIpc) is 3.06. The number of nitrogens with zero attached hydrogens (tertiary/aromatic N) is 1. The molecule has 1 heterocycles. The fourth-order valence-electron chi connectivity index (χ4n) is 4.24. The van der Waals surface area contributed by atoms with Crippen LogP contribution in [0.25, 0.3) is 6.08 Å². The van der Waals surface area contributed by atoms with Gasteiger partial charge < -0.3 is 14.8 Å². The SMILES string of the molecule is CCOc1cc(/C=C2\NC(=O)N(C3CCCCC3)C2=O)cc(Br)c1OCc1cccc(Cl)c1. The molecule has 2 aliphatic rings. The molecule has 0 bridgehead atoms. The maximum atomic E-state index is 13.0. The molecule has 2 fully saturated rings. The molecule has 8 heteroatoms. The second-order valence-electron chi connectivity index (χ2n) is 8.14. The molecule has 1 aliphatic carbocycles. The smallest absolute Gasteiger partial charge is 0.329 e. The molecule has 0 spiro atoms. The summed E-state index contributed by atoms with van der Waals surface area (Å²) in [4.78, 5) is 26.9. The number of carbonyl (C=O) groups excluding carboxylic acids is 2. The van der Waals surface area contributed by atoms with Crippen LogP contribution in [-0.4, -0.2) is 29.5 Å². The number of hydrogen-bond acceptors (Lipinski definition) is 4. The second kappa shape index (κ2) is 10.6. The van der Waals surface area contributed by atoms with Crippen molar-refractivity contribution in [3.05, 3.63) is 62.7 Å². The molecule has 0 atom stereocenters. The lowest BCUT2D eigenvalue weighted by molar-refractivity contribution is -0.124. The molecule has 1 N–H and O–H groups in total. The van der Waals surface area contributed by atoms with Gasteiger partial charge in [0, 0.05) is 11.1 Å². The van der Waals surface area contributed by atoms with Crippen LogP contribution in [0.3, 0.4) is 0 Å². The molecule has 6 nitrogen and oxygen atoms in total. The second-order valence-corrected chi connectivity index (χ2v) is 9.43. The highest BCUT2D eigenvalue weighted by Crippen LogP contribution is 2.38. The highest BCUT2D eigenvalue weighted by atomic mass is 79.9. The number of benzene rings is 2. The van der Waals surface area contributed by atoms with Crippen molar-refractivity contribution in [2.24, 2.45) is 0 Å². The number of halogens is 2. The summed E-state index contributed by atoms with van der Waals surface area (Å²) in [5, 5.41) is 3.38. The quantitative estimate of drug-likeness (QED) is 0.335. The minimum absolute atomic E-state index is 0.0230. The first-order valence-electron chi connectivity index (χ1n) is 11.2. The largest absolute Gasteiger partial charge is 0.490 e. The average molecular weight is 534 g/mol. The van der Waals surface area contributed by atoms with E-state index in [1.807, 2.05) is 37.3 Å². The fraction of sp³-hybridized carbons (Fsp3) is 0.360. The monoisotopic (exact) mass is 532 g/mol. The highest BCUT2D eigenvalue weighted by molar-refractivity contribution is 9.10. The number of hydrogen-bond donors (Lipinski definition) is 1. The lowest BCUT2D eigenvalue weighted by Crippen LogP contribution is -2.41. The first-order valence-corrected chi connectivity index (χ1v) is 12.3. The van der Waals surface area contributed by atoms with Crippen LogP contribution in [0.15, 0.2) is 46.6 Å². The van der Waals surface area contributed by atoms with Gasteiger partial charge in [0.25, 0.3) is 5.91 Å². The van der Waals surface area contributed by atoms with Gasteiger partial charge in [0.05, 0.1) is 11.1 Å². The van der Waals surface area contributed by atoms with Gasteiger partial charge in [0.2, 0.25) is 0 Å². The van der Waals surface area contributed by atoms with Gasteiger partial charge in [-0.15, -0.1) is 0 Å². The van der Waals surface area contributed by atoms with Crippen LogP contribution in [0.5, 0.6) is 11.5 Å². The van der Waals surface area contributed by atoms with Gasteiger partial charge in [-0.05, 0) is 77.2 Å². The first kappa shape index (κ1) is 23.6. The van der Waals surface area contributed by atoms with E-state index in [2.05, 4.69) is 21.2 Å². The number of carbonyl (C=O) groups is 2. The van der Waals surface area contributed by atoms with Crippen molar-refractivity contribution in [1.29, 1.82) is 0 Å². The summed E-state index contributed by atoms with van der Waals surface area (Å²) >= 11 is 9.63. The van der Waals surface area contributed by atoms with Gasteiger partial charge in [-0.25, -0.2) is 4.79 Å². The lowest BCUT2D eigenvalue weighted by atomic mass is 9.94. The predicted octanol–water partition coefficient (Wildman–Crippen LogP) is 6.31. The molecule has 1 saturated heterocycles. The molecule has 174 valence electrons. The first-order chi connectivity index (χ1) is 16.0. The van der Waals surface area contributed by atoms with Gasteiger partial charge >= 0.3 is 6.03 Å². The van der Waals surface area contributed by atoms with E-state index in [9.17, 15) is 9.59 Å². The topological polar surface area (TPSA) is 67.9 Å². The molecule has 1 aliphatic heterocycles. The Bertz CT molecular complexity index is 1080. The summed E-state index contributed by atoms with van der Waals surface area (Å²) in [6.07, 6.45) is 6.65. The van der Waals surface area contributed by atoms with Gasteiger partial charge in [-0.2, -0.15) is 0 Å². The normalized spacial score (nSPS) is 18.0. The number of imide groups is 1. The summed E-state index contributed by atoms with van der Waals surface area (Å²) in [6.45, 7) is 2.66. The number of urea groups is 1. The van der Waals surface area contributed by atoms with Gasteiger partial charge in [-0.1, -0.05) is 43.0 Å². The molecule has 3 amide bonds. The van der Waals surface area contributed by atoms with E-state index in [1.54, 1.807) is 12.1 Å². The molecule has 0 aromatic heterocycles. The van der Waals surface area contributed by atoms with E-state index in [0.29, 0.717) is 34.2 Å². The number of nitrogens with one attached hydrogen (secondary N) is 1. The van der Waals surface area contributed by atoms with Gasteiger partial charge in [0.1, 0.15) is 12.3 Å². The lowest BCUT2D eigenvalue weighted by Gasteiger charge is -2.28. The van der Waals surface area contributed by atoms with E-state index >= 15 is 0 Å². The molecular weight excluding hydrogens is 508 g/mol. The van der Waals surface area contributed by atoms with E-state index in [0.717, 1.165) is 43.2 Å². The van der Waals surface area contributed by atoms with Crippen molar-refractivity contribution in [1.82, 2.24) is 10.2 Å². The van der Waals surface area contributed by atoms with E-state index < -0.39 is 0 Å². The Labute approximate surface area is 207 Å². The van der Waals surface area contributed by atoms with E-state index in [1.165, 1.54) is 4.90 Å². The van der Waals surface area contributed by atoms with Crippen molar-refractivity contribution in [2.45, 2.75) is 51.7 Å². The minimum Gasteiger partial charge on any atom is -0.490 e. The number of amides is 3.